The Bertz CT molecular complexity index is 764. The lowest BCUT2D eigenvalue weighted by Gasteiger charge is -2.31. The molecule has 24 heavy (non-hydrogen) atoms. The number of amides is 1. The molecule has 2 aliphatic rings. The van der Waals surface area contributed by atoms with E-state index in [0.717, 1.165) is 35.4 Å². The molecule has 1 N–H and O–H groups in total. The highest BCUT2D eigenvalue weighted by Gasteiger charge is 2.29. The fourth-order valence-corrected chi connectivity index (χ4v) is 3.33. The Hall–Kier alpha value is -2.59. The minimum atomic E-state index is -0.100. The standard InChI is InChI=1S/C20H20N2O2/c23-20-18(14-22-10-12-24-13-11-22)16-8-4-5-9-17(16)19(21-20)15-6-2-1-3-7-15/h1-9,14,19H,10-13H2,(H,21,23)/b18-14-. The van der Waals surface area contributed by atoms with Crippen LogP contribution in [0.15, 0.2) is 60.8 Å². The maximum atomic E-state index is 12.8. The molecule has 1 amide bonds. The largest absolute Gasteiger partial charge is 0.378 e. The number of carbonyl (C=O) groups is 1. The Balaban J connectivity index is 1.75. The topological polar surface area (TPSA) is 41.6 Å². The Kier molecular flexibility index (Phi) is 4.05. The van der Waals surface area contributed by atoms with Crippen molar-refractivity contribution in [3.8, 4) is 0 Å². The summed E-state index contributed by atoms with van der Waals surface area (Å²) in [5.74, 6) is -0.0194. The molecule has 2 aromatic rings. The van der Waals surface area contributed by atoms with E-state index < -0.39 is 0 Å². The number of fused-ring (bicyclic) bond motifs is 1. The Morgan fingerprint density at radius 3 is 2.50 bits per heavy atom. The molecule has 0 bridgehead atoms. The quantitative estimate of drug-likeness (QED) is 0.865. The first kappa shape index (κ1) is 15.0. The zero-order valence-electron chi connectivity index (χ0n) is 13.4. The molecule has 122 valence electrons. The lowest BCUT2D eigenvalue weighted by atomic mass is 9.87. The highest BCUT2D eigenvalue weighted by atomic mass is 16.5. The molecular weight excluding hydrogens is 300 g/mol. The number of nitrogens with one attached hydrogen (secondary N) is 1. The van der Waals surface area contributed by atoms with Crippen molar-refractivity contribution >= 4 is 11.5 Å². The van der Waals surface area contributed by atoms with Gasteiger partial charge in [-0.1, -0.05) is 54.6 Å². The average Bonchev–Trinajstić information content (AvgIpc) is 2.65. The van der Waals surface area contributed by atoms with Crippen LogP contribution in [0.4, 0.5) is 0 Å². The molecule has 2 aliphatic heterocycles. The first-order chi connectivity index (χ1) is 11.8. The molecule has 2 aromatic carbocycles. The predicted molar refractivity (Wildman–Crippen MR) is 93.2 cm³/mol. The van der Waals surface area contributed by atoms with Crippen LogP contribution in [-0.4, -0.2) is 37.1 Å². The number of nitrogens with zero attached hydrogens (tertiary/aromatic N) is 1. The molecule has 1 saturated heterocycles. The second-order valence-electron chi connectivity index (χ2n) is 6.10. The number of morpholine rings is 1. The first-order valence-electron chi connectivity index (χ1n) is 8.31. The normalized spacial score (nSPS) is 22.2. The van der Waals surface area contributed by atoms with Crippen LogP contribution >= 0.6 is 0 Å². The number of carbonyl (C=O) groups excluding carboxylic acids is 1. The smallest absolute Gasteiger partial charge is 0.254 e. The third-order valence-electron chi connectivity index (χ3n) is 4.57. The Labute approximate surface area is 141 Å². The van der Waals surface area contributed by atoms with Crippen LogP contribution in [-0.2, 0) is 9.53 Å². The van der Waals surface area contributed by atoms with Gasteiger partial charge in [0.25, 0.3) is 5.91 Å². The van der Waals surface area contributed by atoms with Gasteiger partial charge in [0.15, 0.2) is 0 Å². The van der Waals surface area contributed by atoms with Crippen molar-refractivity contribution in [3.63, 3.8) is 0 Å². The summed E-state index contributed by atoms with van der Waals surface area (Å²) < 4.78 is 5.39. The van der Waals surface area contributed by atoms with Crippen molar-refractivity contribution in [2.45, 2.75) is 6.04 Å². The van der Waals surface area contributed by atoms with E-state index >= 15 is 0 Å². The fraction of sp³-hybridized carbons (Fsp3) is 0.250. The molecule has 4 nitrogen and oxygen atoms in total. The van der Waals surface area contributed by atoms with E-state index in [2.05, 4.69) is 28.4 Å². The van der Waals surface area contributed by atoms with Gasteiger partial charge in [-0.3, -0.25) is 4.79 Å². The lowest BCUT2D eigenvalue weighted by molar-refractivity contribution is -0.116. The zero-order valence-corrected chi connectivity index (χ0v) is 13.4. The summed E-state index contributed by atoms with van der Waals surface area (Å²) in [7, 11) is 0. The van der Waals surface area contributed by atoms with Crippen LogP contribution < -0.4 is 5.32 Å². The van der Waals surface area contributed by atoms with Crippen LogP contribution in [0.3, 0.4) is 0 Å². The fourth-order valence-electron chi connectivity index (χ4n) is 3.33. The summed E-state index contributed by atoms with van der Waals surface area (Å²) in [6.07, 6.45) is 1.98. The second-order valence-corrected chi connectivity index (χ2v) is 6.10. The average molecular weight is 320 g/mol. The molecule has 4 heteroatoms. The van der Waals surface area contributed by atoms with Gasteiger partial charge < -0.3 is 15.0 Å². The summed E-state index contributed by atoms with van der Waals surface area (Å²) in [4.78, 5) is 14.9. The van der Waals surface area contributed by atoms with E-state index in [1.165, 1.54) is 0 Å². The minimum Gasteiger partial charge on any atom is -0.378 e. The summed E-state index contributed by atoms with van der Waals surface area (Å²) in [5.41, 5.74) is 3.99. The Morgan fingerprint density at radius 1 is 1.00 bits per heavy atom. The van der Waals surface area contributed by atoms with E-state index in [1.807, 2.05) is 42.6 Å². The van der Waals surface area contributed by atoms with Crippen LogP contribution in [0, 0.1) is 0 Å². The van der Waals surface area contributed by atoms with Crippen molar-refractivity contribution in [2.24, 2.45) is 0 Å². The van der Waals surface area contributed by atoms with Crippen molar-refractivity contribution in [1.82, 2.24) is 10.2 Å². The highest BCUT2D eigenvalue weighted by molar-refractivity contribution is 6.21. The van der Waals surface area contributed by atoms with Crippen LogP contribution in [0.1, 0.15) is 22.7 Å². The van der Waals surface area contributed by atoms with E-state index in [9.17, 15) is 4.79 Å². The van der Waals surface area contributed by atoms with E-state index in [-0.39, 0.29) is 11.9 Å². The van der Waals surface area contributed by atoms with Crippen LogP contribution in [0.2, 0.25) is 0 Å². The summed E-state index contributed by atoms with van der Waals surface area (Å²) in [6.45, 7) is 3.06. The molecule has 0 saturated carbocycles. The molecule has 0 aliphatic carbocycles. The first-order valence-corrected chi connectivity index (χ1v) is 8.31. The molecule has 1 unspecified atom stereocenters. The summed E-state index contributed by atoms with van der Waals surface area (Å²) in [5, 5.41) is 3.16. The molecule has 4 rings (SSSR count). The number of hydrogen-bond donors (Lipinski definition) is 1. The maximum Gasteiger partial charge on any atom is 0.254 e. The maximum absolute atomic E-state index is 12.8. The van der Waals surface area contributed by atoms with Gasteiger partial charge in [-0.25, -0.2) is 0 Å². The lowest BCUT2D eigenvalue weighted by Crippen LogP contribution is -2.37. The van der Waals surface area contributed by atoms with Gasteiger partial charge in [0.1, 0.15) is 0 Å². The van der Waals surface area contributed by atoms with Crippen molar-refractivity contribution in [3.05, 3.63) is 77.5 Å². The number of ether oxygens (including phenoxy) is 1. The monoisotopic (exact) mass is 320 g/mol. The van der Waals surface area contributed by atoms with E-state index in [4.69, 9.17) is 4.74 Å². The molecule has 1 atom stereocenters. The number of rotatable bonds is 2. The molecular formula is C20H20N2O2. The second kappa shape index (κ2) is 6.49. The van der Waals surface area contributed by atoms with Crippen molar-refractivity contribution < 1.29 is 9.53 Å². The highest BCUT2D eigenvalue weighted by Crippen LogP contribution is 2.34. The molecule has 1 fully saturated rings. The SMILES string of the molecule is O=C1NC(c2ccccc2)c2ccccc2/C1=C/N1CCOCC1. The van der Waals surface area contributed by atoms with Gasteiger partial charge in [0.05, 0.1) is 24.8 Å². The third-order valence-corrected chi connectivity index (χ3v) is 4.57. The van der Waals surface area contributed by atoms with Crippen molar-refractivity contribution in [1.29, 1.82) is 0 Å². The van der Waals surface area contributed by atoms with Crippen molar-refractivity contribution in [2.75, 3.05) is 26.3 Å². The zero-order chi connectivity index (χ0) is 16.4. The van der Waals surface area contributed by atoms with Crippen LogP contribution in [0.5, 0.6) is 0 Å². The van der Waals surface area contributed by atoms with Gasteiger partial charge in [-0.2, -0.15) is 0 Å². The van der Waals surface area contributed by atoms with Crippen LogP contribution in [0.25, 0.3) is 5.57 Å². The Morgan fingerprint density at radius 2 is 1.71 bits per heavy atom. The number of benzene rings is 2. The van der Waals surface area contributed by atoms with Gasteiger partial charge in [-0.05, 0) is 16.7 Å². The molecule has 0 spiro atoms. The number of hydrogen-bond acceptors (Lipinski definition) is 3. The van der Waals surface area contributed by atoms with Gasteiger partial charge in [0, 0.05) is 19.3 Å². The molecule has 2 heterocycles. The van der Waals surface area contributed by atoms with Gasteiger partial charge in [0.2, 0.25) is 0 Å². The van der Waals surface area contributed by atoms with E-state index in [1.54, 1.807) is 0 Å². The summed E-state index contributed by atoms with van der Waals surface area (Å²) >= 11 is 0. The molecule has 0 aromatic heterocycles. The van der Waals surface area contributed by atoms with Gasteiger partial charge >= 0.3 is 0 Å². The molecule has 0 radical (unpaired) electrons. The predicted octanol–water partition coefficient (Wildman–Crippen LogP) is 2.58. The van der Waals surface area contributed by atoms with Gasteiger partial charge in [-0.15, -0.1) is 0 Å². The summed E-state index contributed by atoms with van der Waals surface area (Å²) in [6, 6.07) is 18.2. The van der Waals surface area contributed by atoms with E-state index in [0.29, 0.717) is 13.2 Å². The minimum absolute atomic E-state index is 0.0194. The third kappa shape index (κ3) is 2.81.